The zero-order valence-electron chi connectivity index (χ0n) is 6.98. The number of nitrogens with zero attached hydrogens (tertiary/aromatic N) is 1. The number of carboxylic acids is 1. The third kappa shape index (κ3) is 1.27. The van der Waals surface area contributed by atoms with Gasteiger partial charge >= 0.3 is 5.97 Å². The molecule has 5 heteroatoms. The van der Waals surface area contributed by atoms with Crippen molar-refractivity contribution in [2.75, 3.05) is 7.11 Å². The highest BCUT2D eigenvalue weighted by Crippen LogP contribution is 2.22. The zero-order chi connectivity index (χ0) is 9.30. The van der Waals surface area contributed by atoms with Gasteiger partial charge in [0.1, 0.15) is 12.3 Å². The van der Waals surface area contributed by atoms with E-state index in [0.29, 0.717) is 0 Å². The highest BCUT2D eigenvalue weighted by atomic mass is 16.5. The Hall–Kier alpha value is -1.10. The Labute approximate surface area is 69.9 Å². The number of rotatable bonds is 3. The summed E-state index contributed by atoms with van der Waals surface area (Å²) in [5, 5.41) is 8.60. The van der Waals surface area contributed by atoms with Crippen LogP contribution in [0.3, 0.4) is 0 Å². The predicted octanol–water partition coefficient (Wildman–Crippen LogP) is -0.336. The fourth-order valence-electron chi connectivity index (χ4n) is 1.18. The lowest BCUT2D eigenvalue weighted by molar-refractivity contribution is -0.182. The Balaban J connectivity index is 2.60. The van der Waals surface area contributed by atoms with E-state index in [1.807, 2.05) is 0 Å². The van der Waals surface area contributed by atoms with Crippen molar-refractivity contribution in [2.24, 2.45) is 0 Å². The molecule has 1 aliphatic heterocycles. The molecular formula is C7H11NO4. The topological polar surface area (TPSA) is 66.8 Å². The SMILES string of the molecule is CO[C@@H]1CC(=O)N1[C@H](C)C(=O)O. The molecule has 2 atom stereocenters. The number of ether oxygens (including phenoxy) is 1. The van der Waals surface area contributed by atoms with Crippen LogP contribution in [0, 0.1) is 0 Å². The first-order valence-electron chi connectivity index (χ1n) is 3.64. The molecule has 0 aromatic rings. The van der Waals surface area contributed by atoms with E-state index in [0.717, 1.165) is 0 Å². The molecule has 1 fully saturated rings. The summed E-state index contributed by atoms with van der Waals surface area (Å²) < 4.78 is 4.88. The van der Waals surface area contributed by atoms with Gasteiger partial charge in [-0.05, 0) is 6.92 Å². The summed E-state index contributed by atoms with van der Waals surface area (Å²) in [6, 6.07) is -0.795. The smallest absolute Gasteiger partial charge is 0.326 e. The van der Waals surface area contributed by atoms with E-state index in [1.54, 1.807) is 0 Å². The molecule has 0 saturated carbocycles. The number of amides is 1. The zero-order valence-corrected chi connectivity index (χ0v) is 6.98. The van der Waals surface area contributed by atoms with Crippen LogP contribution >= 0.6 is 0 Å². The number of β-lactam (4-membered cyclic amide) rings is 1. The van der Waals surface area contributed by atoms with Crippen LogP contribution in [-0.2, 0) is 14.3 Å². The number of aliphatic carboxylic acids is 1. The van der Waals surface area contributed by atoms with Crippen LogP contribution < -0.4 is 0 Å². The fourth-order valence-corrected chi connectivity index (χ4v) is 1.18. The Morgan fingerprint density at radius 1 is 1.83 bits per heavy atom. The minimum atomic E-state index is -1.01. The van der Waals surface area contributed by atoms with Crippen LogP contribution in [0.2, 0.25) is 0 Å². The molecule has 0 aliphatic carbocycles. The molecule has 1 heterocycles. The summed E-state index contributed by atoms with van der Waals surface area (Å²) in [6.07, 6.45) is -0.0719. The van der Waals surface area contributed by atoms with Gasteiger partial charge < -0.3 is 14.7 Å². The predicted molar refractivity (Wildman–Crippen MR) is 39.4 cm³/mol. The Bertz CT molecular complexity index is 215. The van der Waals surface area contributed by atoms with Crippen LogP contribution in [0.1, 0.15) is 13.3 Å². The van der Waals surface area contributed by atoms with E-state index in [4.69, 9.17) is 9.84 Å². The molecular weight excluding hydrogens is 162 g/mol. The second kappa shape index (κ2) is 3.10. The number of carboxylic acid groups (broad SMARTS) is 1. The van der Waals surface area contributed by atoms with Gasteiger partial charge in [0.2, 0.25) is 5.91 Å². The van der Waals surface area contributed by atoms with Gasteiger partial charge in [0.05, 0.1) is 6.42 Å². The monoisotopic (exact) mass is 173 g/mol. The van der Waals surface area contributed by atoms with Crippen molar-refractivity contribution in [3.8, 4) is 0 Å². The molecule has 1 rings (SSSR count). The third-order valence-corrected chi connectivity index (χ3v) is 1.99. The van der Waals surface area contributed by atoms with Gasteiger partial charge in [-0.3, -0.25) is 4.79 Å². The number of carbonyl (C=O) groups excluding carboxylic acids is 1. The summed E-state index contributed by atoms with van der Waals surface area (Å²) in [6.45, 7) is 1.46. The second-order valence-electron chi connectivity index (χ2n) is 2.71. The van der Waals surface area contributed by atoms with Crippen molar-refractivity contribution in [1.82, 2.24) is 4.90 Å². The van der Waals surface area contributed by atoms with Crippen molar-refractivity contribution in [3.63, 3.8) is 0 Å². The molecule has 0 bridgehead atoms. The van der Waals surface area contributed by atoms with Crippen molar-refractivity contribution >= 4 is 11.9 Å². The standard InChI is InChI=1S/C7H11NO4/c1-4(7(10)11)8-5(9)3-6(8)12-2/h4,6H,3H2,1-2H3,(H,10,11)/t4-,6-/m1/s1. The Morgan fingerprint density at radius 2 is 2.42 bits per heavy atom. The molecule has 1 saturated heterocycles. The normalized spacial score (nSPS) is 25.0. The summed E-state index contributed by atoms with van der Waals surface area (Å²) in [4.78, 5) is 22.6. The number of carbonyl (C=O) groups is 2. The number of likely N-dealkylation sites (tertiary alicyclic amines) is 1. The van der Waals surface area contributed by atoms with Gasteiger partial charge in [-0.25, -0.2) is 4.79 Å². The first-order chi connectivity index (χ1) is 5.57. The lowest BCUT2D eigenvalue weighted by Crippen LogP contribution is -2.59. The lowest BCUT2D eigenvalue weighted by Gasteiger charge is -2.41. The minimum Gasteiger partial charge on any atom is -0.480 e. The molecule has 0 radical (unpaired) electrons. The maximum absolute atomic E-state index is 10.9. The van der Waals surface area contributed by atoms with Gasteiger partial charge in [-0.1, -0.05) is 0 Å². The first kappa shape index (κ1) is 8.99. The number of methoxy groups -OCH3 is 1. The summed E-state index contributed by atoms with van der Waals surface area (Å²) in [5.41, 5.74) is 0. The van der Waals surface area contributed by atoms with Gasteiger partial charge in [0.15, 0.2) is 0 Å². The van der Waals surface area contributed by atoms with Gasteiger partial charge in [0, 0.05) is 7.11 Å². The third-order valence-electron chi connectivity index (χ3n) is 1.99. The first-order valence-corrected chi connectivity index (χ1v) is 3.64. The van der Waals surface area contributed by atoms with Crippen molar-refractivity contribution in [3.05, 3.63) is 0 Å². The van der Waals surface area contributed by atoms with Crippen LogP contribution in [0.15, 0.2) is 0 Å². The van der Waals surface area contributed by atoms with Crippen LogP contribution in [0.4, 0.5) is 0 Å². The van der Waals surface area contributed by atoms with Crippen LogP contribution in [0.5, 0.6) is 0 Å². The summed E-state index contributed by atoms with van der Waals surface area (Å²) in [5.74, 6) is -1.18. The molecule has 1 amide bonds. The molecule has 1 N–H and O–H groups in total. The van der Waals surface area contributed by atoms with Crippen LogP contribution in [0.25, 0.3) is 0 Å². The number of hydrogen-bond acceptors (Lipinski definition) is 3. The molecule has 0 spiro atoms. The minimum absolute atomic E-state index is 0.170. The highest BCUT2D eigenvalue weighted by Gasteiger charge is 2.41. The van der Waals surface area contributed by atoms with E-state index in [2.05, 4.69) is 0 Å². The van der Waals surface area contributed by atoms with E-state index >= 15 is 0 Å². The van der Waals surface area contributed by atoms with Crippen molar-refractivity contribution in [2.45, 2.75) is 25.6 Å². The van der Waals surface area contributed by atoms with E-state index < -0.39 is 12.0 Å². The number of hydrogen-bond donors (Lipinski definition) is 1. The molecule has 1 aliphatic rings. The Morgan fingerprint density at radius 3 is 2.75 bits per heavy atom. The molecule has 0 unspecified atom stereocenters. The molecule has 12 heavy (non-hydrogen) atoms. The largest absolute Gasteiger partial charge is 0.480 e. The molecule has 5 nitrogen and oxygen atoms in total. The average molecular weight is 173 g/mol. The van der Waals surface area contributed by atoms with Crippen LogP contribution in [-0.4, -0.2) is 41.3 Å². The molecule has 0 aromatic carbocycles. The second-order valence-corrected chi connectivity index (χ2v) is 2.71. The van der Waals surface area contributed by atoms with E-state index in [1.165, 1.54) is 18.9 Å². The van der Waals surface area contributed by atoms with Crippen molar-refractivity contribution in [1.29, 1.82) is 0 Å². The van der Waals surface area contributed by atoms with Crippen molar-refractivity contribution < 1.29 is 19.4 Å². The fraction of sp³-hybridized carbons (Fsp3) is 0.714. The summed E-state index contributed by atoms with van der Waals surface area (Å²) >= 11 is 0. The quantitative estimate of drug-likeness (QED) is 0.593. The molecule has 68 valence electrons. The maximum Gasteiger partial charge on any atom is 0.326 e. The van der Waals surface area contributed by atoms with Gasteiger partial charge in [0.25, 0.3) is 0 Å². The lowest BCUT2D eigenvalue weighted by atomic mass is 10.1. The Kier molecular flexibility index (Phi) is 2.32. The summed E-state index contributed by atoms with van der Waals surface area (Å²) in [7, 11) is 1.46. The average Bonchev–Trinajstić information content (AvgIpc) is 1.99. The van der Waals surface area contributed by atoms with Gasteiger partial charge in [-0.15, -0.1) is 0 Å². The highest BCUT2D eigenvalue weighted by molar-refractivity contribution is 5.88. The van der Waals surface area contributed by atoms with Gasteiger partial charge in [-0.2, -0.15) is 0 Å². The van der Waals surface area contributed by atoms with E-state index in [-0.39, 0.29) is 18.6 Å². The molecule has 0 aromatic heterocycles. The maximum atomic E-state index is 10.9. The van der Waals surface area contributed by atoms with E-state index in [9.17, 15) is 9.59 Å².